The fourth-order valence-electron chi connectivity index (χ4n) is 1.10. The van der Waals surface area contributed by atoms with Crippen molar-refractivity contribution in [3.05, 3.63) is 26.6 Å². The van der Waals surface area contributed by atoms with Crippen LogP contribution in [0.2, 0.25) is 0 Å². The van der Waals surface area contributed by atoms with Crippen molar-refractivity contribution < 1.29 is 22.0 Å². The van der Waals surface area contributed by atoms with Crippen molar-refractivity contribution in [2.45, 2.75) is 19.1 Å². The second-order valence-corrected chi connectivity index (χ2v) is 3.89. The predicted molar refractivity (Wildman–Crippen MR) is 54.8 cm³/mol. The molecule has 16 heavy (non-hydrogen) atoms. The van der Waals surface area contributed by atoms with E-state index in [9.17, 15) is 22.0 Å². The first-order chi connectivity index (χ1) is 7.27. The summed E-state index contributed by atoms with van der Waals surface area (Å²) in [6, 6.07) is 0.342. The van der Waals surface area contributed by atoms with Gasteiger partial charge in [0.05, 0.1) is 0 Å². The first-order valence-corrected chi connectivity index (χ1v) is 5.10. The van der Waals surface area contributed by atoms with Crippen molar-refractivity contribution in [3.63, 3.8) is 0 Å². The van der Waals surface area contributed by atoms with Crippen LogP contribution in [0.1, 0.15) is 23.2 Å². The van der Waals surface area contributed by atoms with E-state index in [1.165, 1.54) is 22.6 Å². The zero-order valence-corrected chi connectivity index (χ0v) is 9.81. The Hall–Kier alpha value is -0.510. The highest BCUT2D eigenvalue weighted by Crippen LogP contribution is 2.33. The maximum absolute atomic E-state index is 12.5. The van der Waals surface area contributed by atoms with Gasteiger partial charge in [-0.2, -0.15) is 13.2 Å². The summed E-state index contributed by atoms with van der Waals surface area (Å²) in [7, 11) is 0. The Bertz CT molecular complexity index is 391. The second kappa shape index (κ2) is 4.78. The van der Waals surface area contributed by atoms with E-state index in [1.54, 1.807) is 0 Å². The number of pyridine rings is 1. The zero-order chi connectivity index (χ0) is 12.5. The first-order valence-electron chi connectivity index (χ1n) is 4.02. The van der Waals surface area contributed by atoms with Gasteiger partial charge in [0, 0.05) is 17.7 Å². The Labute approximate surface area is 101 Å². The SMILES string of the molecule is NCc1c(C(F)F)cc(C(F)(F)F)nc1I. The third kappa shape index (κ3) is 2.78. The van der Waals surface area contributed by atoms with E-state index < -0.39 is 23.9 Å². The average molecular weight is 352 g/mol. The van der Waals surface area contributed by atoms with Crippen molar-refractivity contribution in [1.29, 1.82) is 0 Å². The zero-order valence-electron chi connectivity index (χ0n) is 7.65. The number of aromatic nitrogens is 1. The van der Waals surface area contributed by atoms with E-state index in [0.717, 1.165) is 0 Å². The number of hydrogen-bond acceptors (Lipinski definition) is 2. The smallest absolute Gasteiger partial charge is 0.326 e. The molecule has 0 bridgehead atoms. The average Bonchev–Trinajstić information content (AvgIpc) is 2.14. The molecule has 1 aromatic heterocycles. The molecule has 2 nitrogen and oxygen atoms in total. The van der Waals surface area contributed by atoms with Gasteiger partial charge in [0.1, 0.15) is 9.39 Å². The number of halogens is 6. The van der Waals surface area contributed by atoms with Crippen molar-refractivity contribution >= 4 is 22.6 Å². The normalized spacial score (nSPS) is 12.2. The minimum atomic E-state index is -4.74. The molecule has 2 N–H and O–H groups in total. The molecule has 1 rings (SSSR count). The van der Waals surface area contributed by atoms with Crippen LogP contribution in [0.4, 0.5) is 22.0 Å². The number of rotatable bonds is 2. The third-order valence-corrected chi connectivity index (χ3v) is 2.73. The topological polar surface area (TPSA) is 38.9 Å². The summed E-state index contributed by atoms with van der Waals surface area (Å²) >= 11 is 1.46. The molecule has 0 atom stereocenters. The number of hydrogen-bond donors (Lipinski definition) is 1. The van der Waals surface area contributed by atoms with Crippen LogP contribution in [0.15, 0.2) is 6.07 Å². The second-order valence-electron chi connectivity index (χ2n) is 2.87. The van der Waals surface area contributed by atoms with Crippen LogP contribution >= 0.6 is 22.6 Å². The summed E-state index contributed by atoms with van der Waals surface area (Å²) < 4.78 is 61.8. The van der Waals surface area contributed by atoms with Crippen molar-refractivity contribution in [1.82, 2.24) is 4.98 Å². The largest absolute Gasteiger partial charge is 0.433 e. The molecule has 0 aliphatic carbocycles. The Kier molecular flexibility index (Phi) is 4.05. The van der Waals surface area contributed by atoms with Crippen LogP contribution in [0, 0.1) is 3.70 Å². The van der Waals surface area contributed by atoms with Gasteiger partial charge in [-0.15, -0.1) is 0 Å². The minimum absolute atomic E-state index is 0.0522. The van der Waals surface area contributed by atoms with Gasteiger partial charge >= 0.3 is 6.18 Å². The Balaban J connectivity index is 3.40. The molecule has 0 fully saturated rings. The van der Waals surface area contributed by atoms with Crippen molar-refractivity contribution in [2.24, 2.45) is 5.73 Å². The van der Waals surface area contributed by atoms with Gasteiger partial charge < -0.3 is 5.73 Å². The van der Waals surface area contributed by atoms with Crippen LogP contribution < -0.4 is 5.73 Å². The molecule has 0 saturated heterocycles. The summed E-state index contributed by atoms with van der Waals surface area (Å²) in [6.07, 6.45) is -7.74. The molecule has 0 radical (unpaired) electrons. The van der Waals surface area contributed by atoms with E-state index in [-0.39, 0.29) is 15.8 Å². The predicted octanol–water partition coefficient (Wildman–Crippen LogP) is 3.10. The van der Waals surface area contributed by atoms with Gasteiger partial charge in [-0.1, -0.05) is 0 Å². The van der Waals surface area contributed by atoms with Gasteiger partial charge in [0.25, 0.3) is 6.43 Å². The molecule has 0 aromatic carbocycles. The van der Waals surface area contributed by atoms with Crippen molar-refractivity contribution in [3.8, 4) is 0 Å². The van der Waals surface area contributed by atoms with Crippen LogP contribution in [0.3, 0.4) is 0 Å². The standard InChI is InChI=1S/C8H6F5IN2/c9-6(10)3-1-5(8(11,12)13)16-7(14)4(3)2-15/h1,6H,2,15H2. The molecule has 1 heterocycles. The Morgan fingerprint density at radius 2 is 1.94 bits per heavy atom. The number of alkyl halides is 5. The lowest BCUT2D eigenvalue weighted by molar-refractivity contribution is -0.141. The van der Waals surface area contributed by atoms with Crippen LogP contribution in [0.25, 0.3) is 0 Å². The van der Waals surface area contributed by atoms with E-state index in [2.05, 4.69) is 4.98 Å². The molecular formula is C8H6F5IN2. The molecular weight excluding hydrogens is 346 g/mol. The fourth-order valence-corrected chi connectivity index (χ4v) is 1.89. The molecule has 1 aromatic rings. The molecule has 0 aliphatic heterocycles. The number of nitrogens with zero attached hydrogens (tertiary/aromatic N) is 1. The van der Waals surface area contributed by atoms with Crippen LogP contribution in [0.5, 0.6) is 0 Å². The quantitative estimate of drug-likeness (QED) is 0.505. The van der Waals surface area contributed by atoms with E-state index in [4.69, 9.17) is 5.73 Å². The van der Waals surface area contributed by atoms with Gasteiger partial charge in [-0.05, 0) is 28.7 Å². The Morgan fingerprint density at radius 3 is 2.31 bits per heavy atom. The van der Waals surface area contributed by atoms with Gasteiger partial charge in [-0.25, -0.2) is 13.8 Å². The lowest BCUT2D eigenvalue weighted by Crippen LogP contribution is -2.14. The molecule has 0 saturated carbocycles. The summed E-state index contributed by atoms with van der Waals surface area (Å²) in [6.45, 7) is -0.275. The summed E-state index contributed by atoms with van der Waals surface area (Å²) in [4.78, 5) is 3.21. The summed E-state index contributed by atoms with van der Waals surface area (Å²) in [5, 5.41) is 0. The first kappa shape index (κ1) is 13.6. The lowest BCUT2D eigenvalue weighted by atomic mass is 10.1. The lowest BCUT2D eigenvalue weighted by Gasteiger charge is -2.13. The number of nitrogens with two attached hydrogens (primary N) is 1. The van der Waals surface area contributed by atoms with E-state index >= 15 is 0 Å². The maximum Gasteiger partial charge on any atom is 0.433 e. The van der Waals surface area contributed by atoms with Crippen LogP contribution in [-0.4, -0.2) is 4.98 Å². The maximum atomic E-state index is 12.5. The van der Waals surface area contributed by atoms with Crippen molar-refractivity contribution in [2.75, 3.05) is 0 Å². The molecule has 8 heteroatoms. The minimum Gasteiger partial charge on any atom is -0.326 e. The summed E-state index contributed by atoms with van der Waals surface area (Å²) in [5.41, 5.74) is 3.09. The highest BCUT2D eigenvalue weighted by atomic mass is 127. The molecule has 90 valence electrons. The van der Waals surface area contributed by atoms with Crippen LogP contribution in [-0.2, 0) is 12.7 Å². The van der Waals surface area contributed by atoms with Gasteiger partial charge in [0.2, 0.25) is 0 Å². The highest BCUT2D eigenvalue weighted by molar-refractivity contribution is 14.1. The highest BCUT2D eigenvalue weighted by Gasteiger charge is 2.34. The monoisotopic (exact) mass is 352 g/mol. The van der Waals surface area contributed by atoms with E-state index in [1.807, 2.05) is 0 Å². The molecule has 0 unspecified atom stereocenters. The van der Waals surface area contributed by atoms with Gasteiger partial charge in [-0.3, -0.25) is 0 Å². The molecule has 0 spiro atoms. The molecule has 0 amide bonds. The van der Waals surface area contributed by atoms with Gasteiger partial charge in [0.15, 0.2) is 0 Å². The fraction of sp³-hybridized carbons (Fsp3) is 0.375. The van der Waals surface area contributed by atoms with E-state index in [0.29, 0.717) is 6.07 Å². The Morgan fingerprint density at radius 1 is 1.38 bits per heavy atom. The third-order valence-electron chi connectivity index (χ3n) is 1.84. The molecule has 0 aliphatic rings. The summed E-state index contributed by atoms with van der Waals surface area (Å²) in [5.74, 6) is 0.